The molecule has 1 fully saturated rings. The predicted molar refractivity (Wildman–Crippen MR) is 152 cm³/mol. The molecule has 5 rings (SSSR count). The van der Waals surface area contributed by atoms with Crippen LogP contribution in [0.15, 0.2) is 52.4 Å². The summed E-state index contributed by atoms with van der Waals surface area (Å²) in [5, 5.41) is 34.9. The van der Waals surface area contributed by atoms with Gasteiger partial charge in [-0.3, -0.25) is 29.7 Å². The Bertz CT molecular complexity index is 1710. The van der Waals surface area contributed by atoms with Gasteiger partial charge in [0.15, 0.2) is 36.0 Å². The van der Waals surface area contributed by atoms with Gasteiger partial charge >= 0.3 is 5.97 Å². The highest BCUT2D eigenvalue weighted by atomic mass is 32.2. The molecule has 2 aliphatic rings. The summed E-state index contributed by atoms with van der Waals surface area (Å²) in [4.78, 5) is 60.6. The first-order chi connectivity index (χ1) is 20.7. The van der Waals surface area contributed by atoms with E-state index in [2.05, 4.69) is 25.7 Å². The molecule has 0 aliphatic carbocycles. The van der Waals surface area contributed by atoms with Gasteiger partial charge in [0.1, 0.15) is 35.1 Å². The number of nitrogen functional groups attached to an aromatic ring is 1. The number of β-lactam (4-membered cyclic amide) rings is 1. The van der Waals surface area contributed by atoms with E-state index >= 15 is 0 Å². The lowest BCUT2D eigenvalue weighted by Gasteiger charge is -2.49. The highest BCUT2D eigenvalue weighted by molar-refractivity contribution is 8.00. The summed E-state index contributed by atoms with van der Waals surface area (Å²) in [6.45, 7) is 2.09. The molecule has 0 radical (unpaired) electrons. The van der Waals surface area contributed by atoms with Crippen molar-refractivity contribution in [3.8, 4) is 17.5 Å². The summed E-state index contributed by atoms with van der Waals surface area (Å²) < 4.78 is 1.75. The number of H-pyrrole nitrogens is 1. The number of anilines is 1. The van der Waals surface area contributed by atoms with Crippen LogP contribution in [0.25, 0.3) is 11.3 Å². The fourth-order valence-corrected chi connectivity index (χ4v) is 6.29. The quantitative estimate of drug-likeness (QED) is 0.0495. The lowest BCUT2D eigenvalue weighted by Crippen LogP contribution is -2.71. The van der Waals surface area contributed by atoms with E-state index in [4.69, 9.17) is 15.8 Å². The molecule has 0 unspecified atom stereocenters. The fourth-order valence-electron chi connectivity index (χ4n) is 4.40. The normalized spacial score (nSPS) is 17.9. The molecule has 0 bridgehead atoms. The highest BCUT2D eigenvalue weighted by Crippen LogP contribution is 2.40. The zero-order chi connectivity index (χ0) is 30.7. The molecule has 0 spiro atoms. The van der Waals surface area contributed by atoms with Gasteiger partial charge in [-0.2, -0.15) is 10.4 Å². The number of thiazole rings is 1. The van der Waals surface area contributed by atoms with Crippen LogP contribution >= 0.6 is 23.1 Å². The van der Waals surface area contributed by atoms with Gasteiger partial charge in [-0.25, -0.2) is 14.3 Å². The van der Waals surface area contributed by atoms with Crippen LogP contribution in [0, 0.1) is 11.5 Å². The van der Waals surface area contributed by atoms with Crippen molar-refractivity contribution in [1.82, 2.24) is 30.7 Å². The van der Waals surface area contributed by atoms with Crippen molar-refractivity contribution in [2.24, 2.45) is 5.16 Å². The Morgan fingerprint density at radius 3 is 2.79 bits per heavy atom. The maximum Gasteiger partial charge on any atom is 0.352 e. The predicted octanol–water partition coefficient (Wildman–Crippen LogP) is -0.207. The Labute approximate surface area is 251 Å². The second-order valence-electron chi connectivity index (χ2n) is 9.04. The third kappa shape index (κ3) is 5.89. The molecule has 5 heterocycles. The number of nitrogens with two attached hydrogens (primary N) is 1. The average Bonchev–Trinajstić information content (AvgIpc) is 3.66. The van der Waals surface area contributed by atoms with Gasteiger partial charge in [-0.15, -0.1) is 23.1 Å². The van der Waals surface area contributed by atoms with E-state index in [1.54, 1.807) is 47.6 Å². The van der Waals surface area contributed by atoms with E-state index in [0.29, 0.717) is 22.6 Å². The van der Waals surface area contributed by atoms with Gasteiger partial charge in [-0.05, 0) is 13.0 Å². The van der Waals surface area contributed by atoms with Crippen LogP contribution in [0.2, 0.25) is 0 Å². The van der Waals surface area contributed by atoms with E-state index < -0.39 is 35.1 Å². The number of hydrogen-bond acceptors (Lipinski definition) is 12. The molecule has 0 aromatic carbocycles. The van der Waals surface area contributed by atoms with E-state index in [9.17, 15) is 24.3 Å². The molecule has 18 heteroatoms. The summed E-state index contributed by atoms with van der Waals surface area (Å²) >= 11 is 2.45. The maximum atomic E-state index is 13.1. The number of oxime groups is 1. The topological polar surface area (TPSA) is 233 Å². The Balaban J connectivity index is 1.29. The fraction of sp³-hybridized carbons (Fsp3) is 0.240. The van der Waals surface area contributed by atoms with Crippen molar-refractivity contribution in [2.45, 2.75) is 24.9 Å². The lowest BCUT2D eigenvalue weighted by atomic mass is 10.0. The van der Waals surface area contributed by atoms with Crippen LogP contribution in [0.4, 0.5) is 5.13 Å². The summed E-state index contributed by atoms with van der Waals surface area (Å²) in [5.74, 6) is -2.83. The molecule has 2 aliphatic heterocycles. The molecule has 3 aromatic heterocycles. The number of hydrogen-bond donors (Lipinski definition) is 5. The van der Waals surface area contributed by atoms with Gasteiger partial charge in [-0.1, -0.05) is 5.16 Å². The Morgan fingerprint density at radius 1 is 1.37 bits per heavy atom. The van der Waals surface area contributed by atoms with Gasteiger partial charge in [0.2, 0.25) is 0 Å². The van der Waals surface area contributed by atoms with Gasteiger partial charge < -0.3 is 21.0 Å². The summed E-state index contributed by atoms with van der Waals surface area (Å²) in [7, 11) is 0. The first-order valence-corrected chi connectivity index (χ1v) is 14.5. The number of carbonyl (C=O) groups is 4. The Morgan fingerprint density at radius 2 is 2.14 bits per heavy atom. The highest BCUT2D eigenvalue weighted by Gasteiger charge is 2.54. The second kappa shape index (κ2) is 12.3. The Hall–Kier alpha value is -5.28. The van der Waals surface area contributed by atoms with Gasteiger partial charge in [0.25, 0.3) is 17.7 Å². The van der Waals surface area contributed by atoms with E-state index in [-0.39, 0.29) is 41.1 Å². The SMILES string of the molecule is CCO/N=C(\C(=O)N[C@@H]1C(=O)N2C(C(=O)O)=C(C[n+]3ccc(-c4cc(C(=O)NC#N)[nH]n4)cc3)CS[C@H]12)c1csc(N)n1. The first kappa shape index (κ1) is 29.2. The van der Waals surface area contributed by atoms with Crippen LogP contribution in [-0.2, 0) is 25.8 Å². The number of thioether (sulfide) groups is 1. The van der Waals surface area contributed by atoms with Crippen molar-refractivity contribution < 1.29 is 33.7 Å². The van der Waals surface area contributed by atoms with Crippen molar-refractivity contribution >= 4 is 57.6 Å². The molecular weight excluding hydrogens is 600 g/mol. The summed E-state index contributed by atoms with van der Waals surface area (Å²) in [5.41, 5.74) is 7.39. The smallest absolute Gasteiger partial charge is 0.352 e. The number of carbonyl (C=O) groups excluding carboxylic acids is 3. The van der Waals surface area contributed by atoms with Crippen LogP contribution in [-0.4, -0.2) is 78.4 Å². The number of nitrogens with zero attached hydrogens (tertiary/aromatic N) is 6. The number of amides is 3. The number of fused-ring (bicyclic) bond motifs is 1. The number of aromatic nitrogens is 4. The minimum absolute atomic E-state index is 0.123. The van der Waals surface area contributed by atoms with E-state index in [1.165, 1.54) is 22.7 Å². The number of nitriles is 1. The monoisotopic (exact) mass is 623 g/mol. The number of pyridine rings is 1. The number of aromatic amines is 1. The second-order valence-corrected chi connectivity index (χ2v) is 11.0. The lowest BCUT2D eigenvalue weighted by molar-refractivity contribution is -0.689. The van der Waals surface area contributed by atoms with E-state index in [1.807, 2.05) is 5.32 Å². The minimum Gasteiger partial charge on any atom is -0.477 e. The number of nitrogens with one attached hydrogen (secondary N) is 3. The minimum atomic E-state index is -1.26. The molecular formula is C25H23N10O6S2+. The zero-order valence-corrected chi connectivity index (χ0v) is 23.9. The average molecular weight is 624 g/mol. The third-order valence-corrected chi connectivity index (χ3v) is 8.37. The largest absolute Gasteiger partial charge is 0.477 e. The molecule has 3 aromatic rings. The molecule has 220 valence electrons. The molecule has 1 saturated heterocycles. The molecule has 3 amide bonds. The van der Waals surface area contributed by atoms with Crippen molar-refractivity contribution in [2.75, 3.05) is 18.1 Å². The standard InChI is InChI=1S/C25H22N10O6S2/c1-2-41-33-17(16-10-43-25(27)29-16)21(37)30-18-22(38)35-19(24(39)40)13(9-42-23(18)35)8-34-5-3-12(4-6-34)14-7-15(32-31-14)20(36)28-11-26/h3-7,10,18,23H,2,8-9H2,1H3,(H5,27,28,29,30,36,37,39,40)/p+1/b33-17-/t18-,23-/m1/s1. The zero-order valence-electron chi connectivity index (χ0n) is 22.3. The summed E-state index contributed by atoms with van der Waals surface area (Å²) in [6.07, 6.45) is 4.99. The molecule has 43 heavy (non-hydrogen) atoms. The number of rotatable bonds is 10. The van der Waals surface area contributed by atoms with Crippen LogP contribution in [0.3, 0.4) is 0 Å². The van der Waals surface area contributed by atoms with Gasteiger partial charge in [0.05, 0.1) is 5.69 Å². The molecule has 0 saturated carbocycles. The van der Waals surface area contributed by atoms with Crippen LogP contribution in [0.5, 0.6) is 0 Å². The molecule has 2 atom stereocenters. The number of carboxylic acid groups (broad SMARTS) is 1. The number of carboxylic acids is 1. The van der Waals surface area contributed by atoms with Crippen LogP contribution in [0.1, 0.15) is 23.1 Å². The van der Waals surface area contributed by atoms with Gasteiger partial charge in [0, 0.05) is 34.4 Å². The van der Waals surface area contributed by atoms with Crippen molar-refractivity contribution in [3.63, 3.8) is 0 Å². The maximum absolute atomic E-state index is 13.1. The van der Waals surface area contributed by atoms with E-state index in [0.717, 1.165) is 11.3 Å². The Kier molecular flexibility index (Phi) is 8.36. The van der Waals surface area contributed by atoms with Crippen LogP contribution < -0.4 is 20.9 Å². The van der Waals surface area contributed by atoms with Crippen molar-refractivity contribution in [3.05, 3.63) is 58.6 Å². The summed E-state index contributed by atoms with van der Waals surface area (Å²) in [6, 6.07) is 3.99. The molecule has 16 nitrogen and oxygen atoms in total. The molecule has 6 N–H and O–H groups in total. The first-order valence-electron chi connectivity index (χ1n) is 12.6. The van der Waals surface area contributed by atoms with Crippen molar-refractivity contribution in [1.29, 1.82) is 5.26 Å². The third-order valence-electron chi connectivity index (χ3n) is 6.35. The number of aliphatic carboxylic acids is 1.